The number of hydrogen-bond donors (Lipinski definition) is 2. The Morgan fingerprint density at radius 3 is 2.55 bits per heavy atom. The van der Waals surface area contributed by atoms with Crippen LogP contribution in [-0.4, -0.2) is 23.7 Å². The van der Waals surface area contributed by atoms with Crippen LogP contribution in [0.1, 0.15) is 19.3 Å². The van der Waals surface area contributed by atoms with Gasteiger partial charge < -0.3 is 10.4 Å². The van der Waals surface area contributed by atoms with Crippen LogP contribution in [0.4, 0.5) is 0 Å². The second-order valence-electron chi connectivity index (χ2n) is 2.39. The van der Waals surface area contributed by atoms with Crippen LogP contribution in [0.15, 0.2) is 0 Å². The van der Waals surface area contributed by atoms with Crippen molar-refractivity contribution in [3.05, 3.63) is 0 Å². The van der Waals surface area contributed by atoms with E-state index in [0.29, 0.717) is 0 Å². The van der Waals surface area contributed by atoms with Gasteiger partial charge in [0.05, 0.1) is 6.42 Å². The normalized spacial score (nSPS) is 21.6. The van der Waals surface area contributed by atoms with Crippen molar-refractivity contribution >= 4 is 30.8 Å². The Hall–Kier alpha value is 0.01000. The lowest BCUT2D eigenvalue weighted by Gasteiger charge is -2.03. The molecule has 2 N–H and O–H groups in total. The zero-order chi connectivity index (χ0) is 6.69. The predicted molar refractivity (Wildman–Crippen MR) is 47.8 cm³/mol. The van der Waals surface area contributed by atoms with Crippen molar-refractivity contribution in [1.82, 2.24) is 5.32 Å². The van der Waals surface area contributed by atoms with E-state index in [-0.39, 0.29) is 37.3 Å². The SMILES string of the molecule is Cl.Cl.O=C(O)C[C@@H]1CCCN1. The number of carboxylic acid groups (broad SMARTS) is 1. The van der Waals surface area contributed by atoms with Crippen molar-refractivity contribution in [2.45, 2.75) is 25.3 Å². The monoisotopic (exact) mass is 201 g/mol. The molecule has 1 heterocycles. The van der Waals surface area contributed by atoms with Crippen molar-refractivity contribution in [1.29, 1.82) is 0 Å². The third-order valence-electron chi connectivity index (χ3n) is 1.58. The molecule has 0 bridgehead atoms. The van der Waals surface area contributed by atoms with Crippen LogP contribution >= 0.6 is 24.8 Å². The number of nitrogens with one attached hydrogen (secondary N) is 1. The minimum atomic E-state index is -0.700. The molecule has 1 aliphatic heterocycles. The largest absolute Gasteiger partial charge is 0.481 e. The van der Waals surface area contributed by atoms with Crippen LogP contribution in [0.3, 0.4) is 0 Å². The van der Waals surface area contributed by atoms with E-state index in [1.807, 2.05) is 0 Å². The molecular weight excluding hydrogens is 189 g/mol. The predicted octanol–water partition coefficient (Wildman–Crippen LogP) is 1.06. The number of hydrogen-bond acceptors (Lipinski definition) is 2. The van der Waals surface area contributed by atoms with Crippen LogP contribution in [-0.2, 0) is 4.79 Å². The molecule has 0 unspecified atom stereocenters. The molecule has 68 valence electrons. The molecule has 0 saturated carbocycles. The van der Waals surface area contributed by atoms with E-state index < -0.39 is 5.97 Å². The lowest BCUT2D eigenvalue weighted by Crippen LogP contribution is -2.24. The molecule has 3 nitrogen and oxygen atoms in total. The van der Waals surface area contributed by atoms with Crippen molar-refractivity contribution in [2.24, 2.45) is 0 Å². The fourth-order valence-corrected chi connectivity index (χ4v) is 1.14. The van der Waals surface area contributed by atoms with Crippen molar-refractivity contribution in [2.75, 3.05) is 6.54 Å². The highest BCUT2D eigenvalue weighted by Gasteiger charge is 2.16. The molecule has 5 heteroatoms. The van der Waals surface area contributed by atoms with Crippen LogP contribution in [0.25, 0.3) is 0 Å². The lowest BCUT2D eigenvalue weighted by molar-refractivity contribution is -0.137. The summed E-state index contributed by atoms with van der Waals surface area (Å²) in [5.74, 6) is -0.700. The maximum atomic E-state index is 10.1. The average Bonchev–Trinajstić information content (AvgIpc) is 2.15. The lowest BCUT2D eigenvalue weighted by atomic mass is 10.2. The third kappa shape index (κ3) is 5.30. The number of halogens is 2. The summed E-state index contributed by atoms with van der Waals surface area (Å²) in [5, 5.41) is 11.4. The first kappa shape index (κ1) is 13.6. The molecule has 1 rings (SSSR count). The Labute approximate surface area is 78.4 Å². The highest BCUT2D eigenvalue weighted by molar-refractivity contribution is 5.85. The number of rotatable bonds is 2. The molecule has 0 spiro atoms. The van der Waals surface area contributed by atoms with Gasteiger partial charge in [0, 0.05) is 6.04 Å². The van der Waals surface area contributed by atoms with Gasteiger partial charge >= 0.3 is 5.97 Å². The molecule has 1 aliphatic rings. The Morgan fingerprint density at radius 1 is 1.55 bits per heavy atom. The average molecular weight is 202 g/mol. The zero-order valence-electron chi connectivity index (χ0n) is 6.08. The van der Waals surface area contributed by atoms with Gasteiger partial charge in [-0.05, 0) is 19.4 Å². The first-order chi connectivity index (χ1) is 4.29. The summed E-state index contributed by atoms with van der Waals surface area (Å²) in [5.41, 5.74) is 0. The van der Waals surface area contributed by atoms with Gasteiger partial charge in [0.15, 0.2) is 0 Å². The topological polar surface area (TPSA) is 49.3 Å². The summed E-state index contributed by atoms with van der Waals surface area (Å²) >= 11 is 0. The van der Waals surface area contributed by atoms with Gasteiger partial charge in [0.2, 0.25) is 0 Å². The first-order valence-corrected chi connectivity index (χ1v) is 3.24. The third-order valence-corrected chi connectivity index (χ3v) is 1.58. The van der Waals surface area contributed by atoms with E-state index >= 15 is 0 Å². The molecule has 11 heavy (non-hydrogen) atoms. The molecule has 1 saturated heterocycles. The number of carbonyl (C=O) groups is 1. The van der Waals surface area contributed by atoms with Gasteiger partial charge in [-0.2, -0.15) is 0 Å². The Bertz CT molecular complexity index is 115. The standard InChI is InChI=1S/C6H11NO2.2ClH/c8-6(9)4-5-2-1-3-7-5;;/h5,7H,1-4H2,(H,8,9);2*1H/t5-;;/m0../s1. The van der Waals surface area contributed by atoms with Gasteiger partial charge in [-0.1, -0.05) is 0 Å². The van der Waals surface area contributed by atoms with E-state index in [1.165, 1.54) is 0 Å². The van der Waals surface area contributed by atoms with Crippen LogP contribution in [0.2, 0.25) is 0 Å². The highest BCUT2D eigenvalue weighted by Crippen LogP contribution is 2.07. The number of carboxylic acids is 1. The summed E-state index contributed by atoms with van der Waals surface area (Å²) in [6, 6.07) is 0.238. The fraction of sp³-hybridized carbons (Fsp3) is 0.833. The maximum absolute atomic E-state index is 10.1. The second kappa shape index (κ2) is 6.70. The Kier molecular flexibility index (Phi) is 8.28. The van der Waals surface area contributed by atoms with E-state index in [1.54, 1.807) is 0 Å². The molecule has 1 fully saturated rings. The molecular formula is C6H13Cl2NO2. The van der Waals surface area contributed by atoms with E-state index in [9.17, 15) is 4.79 Å². The van der Waals surface area contributed by atoms with Crippen molar-refractivity contribution in [3.63, 3.8) is 0 Å². The van der Waals surface area contributed by atoms with Crippen molar-refractivity contribution in [3.8, 4) is 0 Å². The highest BCUT2D eigenvalue weighted by atomic mass is 35.5. The van der Waals surface area contributed by atoms with Gasteiger partial charge in [0.1, 0.15) is 0 Å². The van der Waals surface area contributed by atoms with E-state index in [2.05, 4.69) is 5.32 Å². The maximum Gasteiger partial charge on any atom is 0.304 e. The van der Waals surface area contributed by atoms with Gasteiger partial charge in [0.25, 0.3) is 0 Å². The van der Waals surface area contributed by atoms with E-state index in [4.69, 9.17) is 5.11 Å². The summed E-state index contributed by atoms with van der Waals surface area (Å²) in [4.78, 5) is 10.1. The first-order valence-electron chi connectivity index (χ1n) is 3.24. The van der Waals surface area contributed by atoms with Gasteiger partial charge in [-0.3, -0.25) is 4.79 Å². The fourth-order valence-electron chi connectivity index (χ4n) is 1.14. The van der Waals surface area contributed by atoms with E-state index in [0.717, 1.165) is 19.4 Å². The van der Waals surface area contributed by atoms with Crippen LogP contribution in [0.5, 0.6) is 0 Å². The van der Waals surface area contributed by atoms with Crippen LogP contribution < -0.4 is 5.32 Å². The molecule has 0 radical (unpaired) electrons. The van der Waals surface area contributed by atoms with Gasteiger partial charge in [-0.25, -0.2) is 0 Å². The second-order valence-corrected chi connectivity index (χ2v) is 2.39. The summed E-state index contributed by atoms with van der Waals surface area (Å²) < 4.78 is 0. The van der Waals surface area contributed by atoms with Crippen LogP contribution in [0, 0.1) is 0 Å². The summed E-state index contributed by atoms with van der Waals surface area (Å²) in [7, 11) is 0. The molecule has 0 aromatic heterocycles. The minimum Gasteiger partial charge on any atom is -0.481 e. The number of aliphatic carboxylic acids is 1. The molecule has 0 aromatic carbocycles. The quantitative estimate of drug-likeness (QED) is 0.703. The minimum absolute atomic E-state index is 0. The Balaban J connectivity index is 0. The molecule has 0 amide bonds. The Morgan fingerprint density at radius 2 is 2.18 bits per heavy atom. The summed E-state index contributed by atoms with van der Waals surface area (Å²) in [6.45, 7) is 0.984. The summed E-state index contributed by atoms with van der Waals surface area (Å²) in [6.07, 6.45) is 2.42. The molecule has 1 atom stereocenters. The molecule has 0 aliphatic carbocycles. The smallest absolute Gasteiger partial charge is 0.304 e. The molecule has 0 aromatic rings. The van der Waals surface area contributed by atoms with Crippen molar-refractivity contribution < 1.29 is 9.90 Å². The van der Waals surface area contributed by atoms with Gasteiger partial charge in [-0.15, -0.1) is 24.8 Å². The zero-order valence-corrected chi connectivity index (χ0v) is 7.71.